The SMILES string of the molecule is C=CC(=O)OCC.CCCCCCC(=O)CNC(=O)[C@@H]1CC[C@@H]2CN1C(=O)N2OCc1ccccc1.CCCCCCC(=O)O.CCCCCCC(=O)OCC.CCCN(CCc1nnc([C@@H]2CC[C@@H]3CN2C(=O)N3OCc2ccccc2)o1)C(=O)OC(C)(C)C.NCCNCCc1nnc([C@@H]2CC[C@@H]3CN2C(=O)N3OS(=O)(=O)O)o1.NCON.NNC(=O)[C@@H]1CC[C@@H]2CN1C(=O)N2OCc1ccccc1.[Li+].[OH-]. The maximum absolute atomic E-state index is 13.1. The molecule has 46 nitrogen and oxygen atoms in total. The Morgan fingerprint density at radius 3 is 1.35 bits per heavy atom. The summed E-state index contributed by atoms with van der Waals surface area (Å²) in [4.78, 5) is 159. The molecule has 48 heteroatoms. The van der Waals surface area contributed by atoms with Crippen LogP contribution in [0, 0.1) is 0 Å². The fraction of sp³-hybridized carbons (Fsp3) is 0.632. The molecule has 8 bridgehead atoms. The molecule has 794 valence electrons. The van der Waals surface area contributed by atoms with Crippen molar-refractivity contribution >= 4 is 76.1 Å². The second-order valence-electron chi connectivity index (χ2n) is 35.1. The number of carbonyl (C=O) groups is 11. The summed E-state index contributed by atoms with van der Waals surface area (Å²) in [5, 5.41) is 35.4. The molecule has 3 aromatic carbocycles. The number of aliphatic carboxylic acids is 1. The first-order valence-electron chi connectivity index (χ1n) is 48.8. The third-order valence-electron chi connectivity index (χ3n) is 23.1. The fourth-order valence-corrected chi connectivity index (χ4v) is 16.4. The van der Waals surface area contributed by atoms with Crippen molar-refractivity contribution in [2.45, 2.75) is 303 Å². The van der Waals surface area contributed by atoms with E-state index in [1.165, 1.54) is 44.3 Å². The van der Waals surface area contributed by atoms with Crippen LogP contribution in [0.1, 0.15) is 269 Å². The summed E-state index contributed by atoms with van der Waals surface area (Å²) in [5.41, 5.74) is 14.6. The van der Waals surface area contributed by atoms with Gasteiger partial charge in [-0.25, -0.2) is 40.5 Å². The Kier molecular flexibility index (Phi) is 58.9. The minimum atomic E-state index is -4.76. The van der Waals surface area contributed by atoms with E-state index in [1.807, 2.05) is 126 Å². The van der Waals surface area contributed by atoms with E-state index in [0.29, 0.717) is 178 Å². The van der Waals surface area contributed by atoms with Crippen molar-refractivity contribution in [1.82, 2.24) is 81.2 Å². The van der Waals surface area contributed by atoms with Gasteiger partial charge >= 0.3 is 77.4 Å². The van der Waals surface area contributed by atoms with E-state index >= 15 is 0 Å². The molecule has 8 aliphatic rings. The molecule has 8 saturated heterocycles. The van der Waals surface area contributed by atoms with Gasteiger partial charge in [-0.3, -0.25) is 53.3 Å². The summed E-state index contributed by atoms with van der Waals surface area (Å²) >= 11 is 0. The molecule has 8 fully saturated rings. The topological polar surface area (TPSA) is 613 Å². The molecule has 0 aliphatic carbocycles. The Morgan fingerprint density at radius 2 is 0.951 bits per heavy atom. The van der Waals surface area contributed by atoms with Crippen molar-refractivity contribution in [3.63, 3.8) is 0 Å². The van der Waals surface area contributed by atoms with Gasteiger partial charge in [0.1, 0.15) is 56.3 Å². The number of aromatic nitrogens is 4. The van der Waals surface area contributed by atoms with Crippen molar-refractivity contribution < 1.29 is 142 Å². The maximum Gasteiger partial charge on any atom is 1.00 e. The number of rotatable bonds is 46. The first kappa shape index (κ1) is 124. The van der Waals surface area contributed by atoms with E-state index in [2.05, 4.69) is 89.3 Å². The molecule has 13 rings (SSSR count). The van der Waals surface area contributed by atoms with Crippen LogP contribution < -0.4 is 58.1 Å². The Bertz CT molecular complexity index is 4710. The van der Waals surface area contributed by atoms with Crippen LogP contribution in [0.3, 0.4) is 0 Å². The molecule has 0 radical (unpaired) electrons. The summed E-state index contributed by atoms with van der Waals surface area (Å²) < 4.78 is 61.2. The van der Waals surface area contributed by atoms with Gasteiger partial charge in [0.2, 0.25) is 29.5 Å². The Morgan fingerprint density at radius 1 is 0.538 bits per heavy atom. The maximum atomic E-state index is 13.1. The van der Waals surface area contributed by atoms with Crippen LogP contribution in [-0.2, 0) is 110 Å². The van der Waals surface area contributed by atoms with E-state index in [-0.39, 0.29) is 122 Å². The number of ether oxygens (including phenoxy) is 3. The number of nitrogens with one attached hydrogen (secondary N) is 3. The average Bonchev–Trinajstić information content (AvgIpc) is 1.63. The largest absolute Gasteiger partial charge is 1.00 e. The van der Waals surface area contributed by atoms with Gasteiger partial charge in [0, 0.05) is 97.1 Å². The zero-order valence-corrected chi connectivity index (χ0v) is 85.3. The number of hydroxylamine groups is 8. The number of fused-ring (bicyclic) bond motifs is 8. The van der Waals surface area contributed by atoms with Gasteiger partial charge in [0.05, 0.1) is 43.9 Å². The quantitative estimate of drug-likeness (QED) is 0.00174. The number of Topliss-reactive ketones (excluding diaryl/α,β-unsaturated/α-hetero) is 1. The Hall–Kier alpha value is -10.9. The molecule has 0 saturated carbocycles. The predicted octanol–water partition coefficient (Wildman–Crippen LogP) is 7.50. The second-order valence-corrected chi connectivity index (χ2v) is 36.1. The summed E-state index contributed by atoms with van der Waals surface area (Å²) in [6.07, 6.45) is 22.1. The summed E-state index contributed by atoms with van der Waals surface area (Å²) in [5.74, 6) is 9.57. The van der Waals surface area contributed by atoms with E-state index < -0.39 is 52.2 Å². The van der Waals surface area contributed by atoms with Crippen molar-refractivity contribution in [2.75, 3.05) is 85.4 Å². The number of piperidine rings is 4. The van der Waals surface area contributed by atoms with Gasteiger partial charge in [-0.15, -0.1) is 24.7 Å². The van der Waals surface area contributed by atoms with Crippen molar-refractivity contribution in [1.29, 1.82) is 0 Å². The number of hydrogen-bond donors (Lipinski definition) is 9. The van der Waals surface area contributed by atoms with Crippen LogP contribution in [0.4, 0.5) is 24.0 Å². The normalized spacial score (nSPS) is 18.7. The van der Waals surface area contributed by atoms with Crippen LogP contribution in [0.15, 0.2) is 112 Å². The van der Waals surface area contributed by atoms with Crippen LogP contribution in [0.2, 0.25) is 0 Å². The second kappa shape index (κ2) is 67.7. The van der Waals surface area contributed by atoms with Crippen molar-refractivity contribution in [2.24, 2.45) is 23.2 Å². The third kappa shape index (κ3) is 43.5. The van der Waals surface area contributed by atoms with E-state index in [1.54, 1.807) is 21.6 Å². The molecule has 14 N–H and O–H groups in total. The number of ketones is 1. The number of hydrazine groups is 1. The molecular weight excluding hydrogens is 1880 g/mol. The molecule has 2 aromatic heterocycles. The molecule has 143 heavy (non-hydrogen) atoms. The monoisotopic (exact) mass is 2030 g/mol. The molecule has 11 amide bonds. The Balaban J connectivity index is 0.000000363. The molecule has 8 aliphatic heterocycles. The number of amides is 11. The van der Waals surface area contributed by atoms with Crippen LogP contribution in [0.5, 0.6) is 0 Å². The summed E-state index contributed by atoms with van der Waals surface area (Å²) in [7, 11) is -4.76. The van der Waals surface area contributed by atoms with Crippen LogP contribution in [-0.4, -0.2) is 282 Å². The zero-order valence-electron chi connectivity index (χ0n) is 84.5. The van der Waals surface area contributed by atoms with Gasteiger partial charge in [-0.2, -0.15) is 28.7 Å². The molecular formula is C95H151LiN20O26S. The number of urea groups is 4. The molecule has 0 spiro atoms. The smallest absolute Gasteiger partial charge is 0.870 e. The number of carboxylic acids is 1. The molecule has 8 atom stereocenters. The third-order valence-corrected chi connectivity index (χ3v) is 23.4. The Labute approximate surface area is 850 Å². The predicted molar refractivity (Wildman–Crippen MR) is 517 cm³/mol. The van der Waals surface area contributed by atoms with Gasteiger partial charge in [0.25, 0.3) is 5.91 Å². The molecule has 10 heterocycles. The number of nitrogens with two attached hydrogens (primary N) is 4. The van der Waals surface area contributed by atoms with Crippen molar-refractivity contribution in [3.05, 3.63) is 144 Å². The van der Waals surface area contributed by atoms with E-state index in [9.17, 15) is 61.2 Å². The fourth-order valence-electron chi connectivity index (χ4n) is 16.1. The number of benzene rings is 3. The number of carbonyl (C=O) groups excluding carboxylic acids is 10. The number of nitrogens with zero attached hydrogens (tertiary/aromatic N) is 13. The number of carboxylic acid groups (broad SMARTS) is 1. The standard InChI is InChI=1S/C25H35N5O5.C22H31N3O4.C14H18N4O3.C12H20N6O6S.C9H18O2.C7H14O2.C5H8O2.CH6N2O.Li.H2O/c1-5-14-28(24(32)35-25(2,3)4)15-13-21-26-27-22(34-21)20-12-11-19-16-29(20)23(31)30(19)33-17-18-9-7-6-8-10-18;1-2-3-4-8-11-19(26)14-23-21(27)20-13-12-18-15-24(20)22(28)25(18)29-16-17-9-6-5-7-10-17;15-16-13(19)12-7-6-11-8-17(12)14(20)18(11)21-9-10-4-2-1-3-5-10;13-4-6-14-5-3-10-15-16-11(23-10)9-2-1-8-7-17(9)12(19)18(8)24-25(20,21)22;1-3-5-6-7-8-9(10)11-4-2;1-2-3-4-5-6-7(8)9;1-3-5(6)7-4-2;2-1-4-3;;/h6-10,19-20H,5,11-17H2,1-4H3;5-7,9-10,18,20H,2-4,8,11-16H2,1H3,(H,23,27);1-5,11-12H,6-9,15H2,(H,16,19);8-9,14H,1-7,13H2,(H,20,21,22);3-8H2,1-2H3;2-6H2,1H3,(H,8,9);3H,1,4H2,2H3;1-3H2;;1H2/q;;;;;;;;+1;/p-1/t19-,20+;18-,20+;11-,12+;8-,9+;;;;;;/m1111....../s1. The molecule has 5 aromatic rings. The van der Waals surface area contributed by atoms with Crippen LogP contribution >= 0.6 is 0 Å². The molecule has 0 unspecified atom stereocenters. The van der Waals surface area contributed by atoms with Crippen LogP contribution in [0.25, 0.3) is 0 Å². The average molecular weight is 2030 g/mol. The summed E-state index contributed by atoms with van der Waals surface area (Å²) in [6, 6.07) is 25.6. The number of esters is 2. The van der Waals surface area contributed by atoms with Gasteiger partial charge in [-0.05, 0) is 128 Å². The van der Waals surface area contributed by atoms with Crippen molar-refractivity contribution in [3.8, 4) is 0 Å². The van der Waals surface area contributed by atoms with Gasteiger partial charge < -0.3 is 80.2 Å². The first-order chi connectivity index (χ1) is 67.7. The first-order valence-corrected chi connectivity index (χ1v) is 50.2. The van der Waals surface area contributed by atoms with E-state index in [0.717, 1.165) is 106 Å². The zero-order chi connectivity index (χ0) is 103. The number of unbranched alkanes of at least 4 members (excludes halogenated alkanes) is 9. The summed E-state index contributed by atoms with van der Waals surface area (Å²) in [6.45, 7) is 27.5. The minimum absolute atomic E-state index is 0. The van der Waals surface area contributed by atoms with E-state index in [4.69, 9.17) is 54.1 Å². The minimum Gasteiger partial charge on any atom is -0.870 e. The van der Waals surface area contributed by atoms with Gasteiger partial charge in [0.15, 0.2) is 5.78 Å². The number of hydrogen-bond acceptors (Lipinski definition) is 33. The van der Waals surface area contributed by atoms with Gasteiger partial charge in [-0.1, -0.05) is 183 Å².